The minimum Gasteiger partial charge on any atom is -0.549 e. The van der Waals surface area contributed by atoms with Gasteiger partial charge in [0.25, 0.3) is 0 Å². The summed E-state index contributed by atoms with van der Waals surface area (Å²) in [6.45, 7) is 4.16. The van der Waals surface area contributed by atoms with E-state index in [1.54, 1.807) is 6.08 Å². The number of anilines is 1. The summed E-state index contributed by atoms with van der Waals surface area (Å²) < 4.78 is 0.612. The van der Waals surface area contributed by atoms with Crippen LogP contribution in [0.1, 0.15) is 0 Å². The molecule has 0 fully saturated rings. The van der Waals surface area contributed by atoms with Gasteiger partial charge in [0.15, 0.2) is 4.34 Å². The van der Waals surface area contributed by atoms with E-state index in [1.165, 1.54) is 11.3 Å². The average molecular weight is 230 g/mol. The third-order valence-corrected chi connectivity index (χ3v) is 3.11. The van der Waals surface area contributed by atoms with E-state index in [0.29, 0.717) is 16.0 Å². The Hall–Kier alpha value is -1.08. The van der Waals surface area contributed by atoms with Gasteiger partial charge in [-0.05, 0) is 0 Å². The van der Waals surface area contributed by atoms with Gasteiger partial charge in [0.05, 0.1) is 5.97 Å². The van der Waals surface area contributed by atoms with Gasteiger partial charge in [0, 0.05) is 12.3 Å². The number of nitrogens with zero attached hydrogens (tertiary/aromatic N) is 2. The highest BCUT2D eigenvalue weighted by Crippen LogP contribution is 2.24. The largest absolute Gasteiger partial charge is 0.549 e. The predicted octanol–water partition coefficient (Wildman–Crippen LogP) is -0.0220. The van der Waals surface area contributed by atoms with Gasteiger partial charge in [-0.25, -0.2) is 0 Å². The topological polar surface area (TPSA) is 77.9 Å². The fraction of sp³-hybridized carbons (Fsp3) is 0.286. The Balaban J connectivity index is 2.42. The second-order valence-corrected chi connectivity index (χ2v) is 4.40. The van der Waals surface area contributed by atoms with Crippen LogP contribution in [0.4, 0.5) is 5.13 Å². The summed E-state index contributed by atoms with van der Waals surface area (Å²) in [5.41, 5.74) is 0. The Morgan fingerprint density at radius 1 is 1.71 bits per heavy atom. The third kappa shape index (κ3) is 3.75. The van der Waals surface area contributed by atoms with Gasteiger partial charge in [-0.1, -0.05) is 29.2 Å². The molecule has 1 N–H and O–H groups in total. The SMILES string of the molecule is C=CCNc1nnc(SCC(=O)[O-])s1. The summed E-state index contributed by atoms with van der Waals surface area (Å²) in [5.74, 6) is -1.21. The molecule has 0 spiro atoms. The van der Waals surface area contributed by atoms with Gasteiger partial charge >= 0.3 is 0 Å². The molecule has 0 aliphatic carbocycles. The normalized spacial score (nSPS) is 9.71. The minimum atomic E-state index is -1.11. The lowest BCUT2D eigenvalue weighted by atomic mass is 10.6. The van der Waals surface area contributed by atoms with Crippen molar-refractivity contribution in [3.05, 3.63) is 12.7 Å². The van der Waals surface area contributed by atoms with Crippen molar-refractivity contribution in [3.63, 3.8) is 0 Å². The summed E-state index contributed by atoms with van der Waals surface area (Å²) >= 11 is 2.41. The number of carbonyl (C=O) groups is 1. The van der Waals surface area contributed by atoms with E-state index in [0.717, 1.165) is 11.8 Å². The van der Waals surface area contributed by atoms with E-state index < -0.39 is 5.97 Å². The number of carboxylic acids is 1. The zero-order chi connectivity index (χ0) is 10.4. The molecule has 1 heterocycles. The summed E-state index contributed by atoms with van der Waals surface area (Å²) in [6.07, 6.45) is 1.70. The number of aromatic nitrogens is 2. The number of thioether (sulfide) groups is 1. The Bertz CT molecular complexity index is 326. The first kappa shape index (κ1) is 11.0. The molecule has 1 rings (SSSR count). The zero-order valence-corrected chi connectivity index (χ0v) is 8.86. The molecule has 76 valence electrons. The van der Waals surface area contributed by atoms with E-state index in [-0.39, 0.29) is 5.75 Å². The molecule has 0 saturated heterocycles. The predicted molar refractivity (Wildman–Crippen MR) is 54.3 cm³/mol. The van der Waals surface area contributed by atoms with Crippen LogP contribution >= 0.6 is 23.1 Å². The molecule has 1 aromatic heterocycles. The summed E-state index contributed by atoms with van der Waals surface area (Å²) in [7, 11) is 0. The lowest BCUT2D eigenvalue weighted by molar-refractivity contribution is -0.301. The minimum absolute atomic E-state index is 0.101. The monoisotopic (exact) mass is 230 g/mol. The highest BCUT2D eigenvalue weighted by Gasteiger charge is 2.03. The summed E-state index contributed by atoms with van der Waals surface area (Å²) in [6, 6.07) is 0. The fourth-order valence-electron chi connectivity index (χ4n) is 0.620. The first-order valence-corrected chi connectivity index (χ1v) is 5.53. The van der Waals surface area contributed by atoms with Crippen LogP contribution in [0.15, 0.2) is 17.0 Å². The van der Waals surface area contributed by atoms with Crippen molar-refractivity contribution in [3.8, 4) is 0 Å². The molecule has 0 radical (unpaired) electrons. The van der Waals surface area contributed by atoms with Crippen LogP contribution in [0.2, 0.25) is 0 Å². The van der Waals surface area contributed by atoms with Crippen LogP contribution in [-0.2, 0) is 4.79 Å². The van der Waals surface area contributed by atoms with E-state index in [1.807, 2.05) is 0 Å². The van der Waals surface area contributed by atoms with Crippen LogP contribution in [0, 0.1) is 0 Å². The first-order valence-electron chi connectivity index (χ1n) is 3.73. The third-order valence-electron chi connectivity index (χ3n) is 1.12. The van der Waals surface area contributed by atoms with Crippen LogP contribution in [-0.4, -0.2) is 28.5 Å². The van der Waals surface area contributed by atoms with Gasteiger partial charge in [-0.3, -0.25) is 0 Å². The van der Waals surface area contributed by atoms with Crippen LogP contribution in [0.3, 0.4) is 0 Å². The molecule has 0 aliphatic rings. The zero-order valence-electron chi connectivity index (χ0n) is 7.23. The molecule has 14 heavy (non-hydrogen) atoms. The van der Waals surface area contributed by atoms with Crippen molar-refractivity contribution in [1.29, 1.82) is 0 Å². The van der Waals surface area contributed by atoms with Crippen molar-refractivity contribution >= 4 is 34.2 Å². The smallest absolute Gasteiger partial charge is 0.206 e. The van der Waals surface area contributed by atoms with Crippen molar-refractivity contribution in [2.45, 2.75) is 4.34 Å². The fourth-order valence-corrected chi connectivity index (χ4v) is 2.09. The number of hydrogen-bond acceptors (Lipinski definition) is 7. The molecule has 0 atom stereocenters. The maximum atomic E-state index is 10.1. The number of carbonyl (C=O) groups excluding carboxylic acids is 1. The molecule has 0 amide bonds. The second-order valence-electron chi connectivity index (χ2n) is 2.20. The molecule has 0 saturated carbocycles. The highest BCUT2D eigenvalue weighted by molar-refractivity contribution is 8.01. The lowest BCUT2D eigenvalue weighted by Crippen LogP contribution is -2.24. The first-order chi connectivity index (χ1) is 6.72. The number of hydrogen-bond donors (Lipinski definition) is 1. The lowest BCUT2D eigenvalue weighted by Gasteiger charge is -1.96. The molecular formula is C7H8N3O2S2-. The standard InChI is InChI=1S/C7H9N3O2S2/c1-2-3-8-6-9-10-7(14-6)13-4-5(11)12/h2H,1,3-4H2,(H,8,9)(H,11,12)/p-1. The molecule has 1 aromatic rings. The molecular weight excluding hydrogens is 222 g/mol. The van der Waals surface area contributed by atoms with E-state index in [4.69, 9.17) is 0 Å². The van der Waals surface area contributed by atoms with Gasteiger partial charge in [0.2, 0.25) is 5.13 Å². The number of carboxylic acid groups (broad SMARTS) is 1. The van der Waals surface area contributed by atoms with Crippen LogP contribution in [0.5, 0.6) is 0 Å². The van der Waals surface area contributed by atoms with Gasteiger partial charge < -0.3 is 15.2 Å². The number of aliphatic carboxylic acids is 1. The van der Waals surface area contributed by atoms with E-state index in [9.17, 15) is 9.90 Å². The Morgan fingerprint density at radius 3 is 3.14 bits per heavy atom. The number of nitrogens with one attached hydrogen (secondary N) is 1. The summed E-state index contributed by atoms with van der Waals surface area (Å²) in [5, 5.41) is 21.3. The number of rotatable bonds is 6. The molecule has 7 heteroatoms. The van der Waals surface area contributed by atoms with Crippen molar-refractivity contribution in [2.75, 3.05) is 17.6 Å². The van der Waals surface area contributed by atoms with Crippen molar-refractivity contribution in [1.82, 2.24) is 10.2 Å². The van der Waals surface area contributed by atoms with Gasteiger partial charge in [0.1, 0.15) is 0 Å². The Labute approximate surface area is 89.2 Å². The molecule has 0 aromatic carbocycles. The maximum absolute atomic E-state index is 10.1. The van der Waals surface area contributed by atoms with Gasteiger partial charge in [-0.15, -0.1) is 16.8 Å². The highest BCUT2D eigenvalue weighted by atomic mass is 32.2. The van der Waals surface area contributed by atoms with Gasteiger partial charge in [-0.2, -0.15) is 0 Å². The molecule has 0 unspecified atom stereocenters. The van der Waals surface area contributed by atoms with Crippen LogP contribution < -0.4 is 10.4 Å². The second kappa shape index (κ2) is 5.61. The van der Waals surface area contributed by atoms with Crippen LogP contribution in [0.25, 0.3) is 0 Å². The Kier molecular flexibility index (Phi) is 4.41. The quantitative estimate of drug-likeness (QED) is 0.546. The van der Waals surface area contributed by atoms with Crippen molar-refractivity contribution < 1.29 is 9.90 Å². The molecule has 5 nitrogen and oxygen atoms in total. The summed E-state index contributed by atoms with van der Waals surface area (Å²) in [4.78, 5) is 10.1. The van der Waals surface area contributed by atoms with E-state index >= 15 is 0 Å². The maximum Gasteiger partial charge on any atom is 0.206 e. The average Bonchev–Trinajstić information content (AvgIpc) is 2.59. The van der Waals surface area contributed by atoms with Crippen molar-refractivity contribution in [2.24, 2.45) is 0 Å². The molecule has 0 bridgehead atoms. The molecule has 0 aliphatic heterocycles. The Morgan fingerprint density at radius 2 is 2.50 bits per heavy atom. The van der Waals surface area contributed by atoms with E-state index in [2.05, 4.69) is 22.1 Å².